The number of hydrogen-bond donors (Lipinski definition) is 1. The summed E-state index contributed by atoms with van der Waals surface area (Å²) in [5.74, 6) is 0.493. The van der Waals surface area contributed by atoms with Crippen LogP contribution < -0.4 is 5.32 Å². The Labute approximate surface area is 131 Å². The minimum absolute atomic E-state index is 0.287. The van der Waals surface area contributed by atoms with Crippen molar-refractivity contribution in [1.82, 2.24) is 10.5 Å². The SMILES string of the molecule is Cc1noc(-c2ccco2)c1C(=O)NCc1ccccc1Cl. The number of carbonyl (C=O) groups is 1. The van der Waals surface area contributed by atoms with Crippen molar-refractivity contribution in [3.63, 3.8) is 0 Å². The van der Waals surface area contributed by atoms with Crippen molar-refractivity contribution in [1.29, 1.82) is 0 Å². The summed E-state index contributed by atoms with van der Waals surface area (Å²) >= 11 is 6.08. The van der Waals surface area contributed by atoms with E-state index < -0.39 is 0 Å². The monoisotopic (exact) mass is 316 g/mol. The van der Waals surface area contributed by atoms with Crippen LogP contribution in [0.5, 0.6) is 0 Å². The molecule has 0 bridgehead atoms. The van der Waals surface area contributed by atoms with E-state index in [-0.39, 0.29) is 5.91 Å². The van der Waals surface area contributed by atoms with E-state index in [4.69, 9.17) is 20.5 Å². The van der Waals surface area contributed by atoms with Crippen molar-refractivity contribution in [2.45, 2.75) is 13.5 Å². The average molecular weight is 317 g/mol. The number of aryl methyl sites for hydroxylation is 1. The van der Waals surface area contributed by atoms with Gasteiger partial charge in [0.1, 0.15) is 5.56 Å². The zero-order chi connectivity index (χ0) is 15.5. The quantitative estimate of drug-likeness (QED) is 0.794. The van der Waals surface area contributed by atoms with E-state index in [0.29, 0.717) is 34.3 Å². The van der Waals surface area contributed by atoms with Gasteiger partial charge in [-0.3, -0.25) is 4.79 Å². The van der Waals surface area contributed by atoms with Crippen LogP contribution in [0.25, 0.3) is 11.5 Å². The fourth-order valence-electron chi connectivity index (χ4n) is 2.12. The summed E-state index contributed by atoms with van der Waals surface area (Å²) in [7, 11) is 0. The van der Waals surface area contributed by atoms with E-state index >= 15 is 0 Å². The number of halogens is 1. The Morgan fingerprint density at radius 1 is 1.27 bits per heavy atom. The molecule has 0 spiro atoms. The van der Waals surface area contributed by atoms with Gasteiger partial charge in [0, 0.05) is 11.6 Å². The van der Waals surface area contributed by atoms with Crippen molar-refractivity contribution >= 4 is 17.5 Å². The third-order valence-electron chi connectivity index (χ3n) is 3.23. The zero-order valence-electron chi connectivity index (χ0n) is 11.8. The molecule has 0 saturated carbocycles. The number of hydrogen-bond acceptors (Lipinski definition) is 4. The van der Waals surface area contributed by atoms with Crippen LogP contribution in [0.3, 0.4) is 0 Å². The summed E-state index contributed by atoms with van der Waals surface area (Å²) in [6.07, 6.45) is 1.51. The highest BCUT2D eigenvalue weighted by molar-refractivity contribution is 6.31. The molecule has 0 aliphatic rings. The second kappa shape index (κ2) is 6.07. The van der Waals surface area contributed by atoms with Gasteiger partial charge in [-0.05, 0) is 30.7 Å². The van der Waals surface area contributed by atoms with Gasteiger partial charge in [0.2, 0.25) is 5.76 Å². The molecule has 112 valence electrons. The molecule has 0 atom stereocenters. The van der Waals surface area contributed by atoms with Crippen molar-refractivity contribution in [2.75, 3.05) is 0 Å². The van der Waals surface area contributed by atoms with E-state index in [1.165, 1.54) is 6.26 Å². The first-order valence-corrected chi connectivity index (χ1v) is 7.06. The number of furan rings is 1. The number of aromatic nitrogens is 1. The van der Waals surface area contributed by atoms with Crippen LogP contribution in [0.1, 0.15) is 21.6 Å². The number of rotatable bonds is 4. The smallest absolute Gasteiger partial charge is 0.257 e. The third-order valence-corrected chi connectivity index (χ3v) is 3.60. The zero-order valence-corrected chi connectivity index (χ0v) is 12.6. The molecular formula is C16H13ClN2O3. The Kier molecular flexibility index (Phi) is 3.98. The molecule has 0 unspecified atom stereocenters. The predicted octanol–water partition coefficient (Wildman–Crippen LogP) is 3.83. The predicted molar refractivity (Wildman–Crippen MR) is 81.6 cm³/mol. The van der Waals surface area contributed by atoms with Crippen molar-refractivity contribution in [3.05, 3.63) is 64.5 Å². The first-order valence-electron chi connectivity index (χ1n) is 6.68. The maximum absolute atomic E-state index is 12.4. The van der Waals surface area contributed by atoms with Crippen LogP contribution in [0.4, 0.5) is 0 Å². The van der Waals surface area contributed by atoms with E-state index in [0.717, 1.165) is 5.56 Å². The Morgan fingerprint density at radius 2 is 2.09 bits per heavy atom. The van der Waals surface area contributed by atoms with Crippen LogP contribution in [0, 0.1) is 6.92 Å². The number of nitrogens with one attached hydrogen (secondary N) is 1. The summed E-state index contributed by atoms with van der Waals surface area (Å²) < 4.78 is 10.5. The van der Waals surface area contributed by atoms with Gasteiger partial charge < -0.3 is 14.3 Å². The molecule has 0 aliphatic heterocycles. The molecule has 0 saturated heterocycles. The van der Waals surface area contributed by atoms with Gasteiger partial charge in [0.25, 0.3) is 5.91 Å². The van der Waals surface area contributed by atoms with Crippen LogP contribution in [0.15, 0.2) is 51.6 Å². The van der Waals surface area contributed by atoms with E-state index in [9.17, 15) is 4.79 Å². The first kappa shape index (κ1) is 14.4. The molecule has 2 aromatic heterocycles. The van der Waals surface area contributed by atoms with Crippen LogP contribution in [0.2, 0.25) is 5.02 Å². The molecule has 2 heterocycles. The Hall–Kier alpha value is -2.53. The fourth-order valence-corrected chi connectivity index (χ4v) is 2.32. The van der Waals surface area contributed by atoms with Gasteiger partial charge in [0.15, 0.2) is 5.76 Å². The van der Waals surface area contributed by atoms with Gasteiger partial charge in [-0.25, -0.2) is 0 Å². The lowest BCUT2D eigenvalue weighted by atomic mass is 10.1. The Morgan fingerprint density at radius 3 is 2.82 bits per heavy atom. The topological polar surface area (TPSA) is 68.3 Å². The van der Waals surface area contributed by atoms with Crippen LogP contribution in [-0.2, 0) is 6.54 Å². The summed E-state index contributed by atoms with van der Waals surface area (Å²) in [6, 6.07) is 10.8. The molecular weight excluding hydrogens is 304 g/mol. The summed E-state index contributed by atoms with van der Waals surface area (Å²) in [6.45, 7) is 2.03. The minimum Gasteiger partial charge on any atom is -0.461 e. The number of benzene rings is 1. The van der Waals surface area contributed by atoms with E-state index in [1.807, 2.05) is 18.2 Å². The first-order chi connectivity index (χ1) is 10.7. The van der Waals surface area contributed by atoms with Gasteiger partial charge >= 0.3 is 0 Å². The van der Waals surface area contributed by atoms with Crippen molar-refractivity contribution in [3.8, 4) is 11.5 Å². The second-order valence-corrected chi connectivity index (χ2v) is 5.13. The Bertz CT molecular complexity index is 794. The normalized spacial score (nSPS) is 10.6. The standard InChI is InChI=1S/C16H13ClN2O3/c1-10-14(15(22-19-10)13-7-4-8-21-13)16(20)18-9-11-5-2-3-6-12(11)17/h2-8H,9H2,1H3,(H,18,20). The molecule has 0 fully saturated rings. The summed E-state index contributed by atoms with van der Waals surface area (Å²) in [5, 5.41) is 7.27. The lowest BCUT2D eigenvalue weighted by Gasteiger charge is -2.06. The third kappa shape index (κ3) is 2.76. The molecule has 5 nitrogen and oxygen atoms in total. The maximum Gasteiger partial charge on any atom is 0.257 e. The highest BCUT2D eigenvalue weighted by Crippen LogP contribution is 2.26. The van der Waals surface area contributed by atoms with Gasteiger partial charge in [-0.1, -0.05) is 35.0 Å². The number of carbonyl (C=O) groups excluding carboxylic acids is 1. The lowest BCUT2D eigenvalue weighted by Crippen LogP contribution is -2.23. The van der Waals surface area contributed by atoms with Gasteiger partial charge in [-0.2, -0.15) is 0 Å². The molecule has 3 aromatic rings. The molecule has 0 aliphatic carbocycles. The van der Waals surface area contributed by atoms with Crippen molar-refractivity contribution in [2.24, 2.45) is 0 Å². The molecule has 1 aromatic carbocycles. The van der Waals surface area contributed by atoms with E-state index in [1.54, 1.807) is 25.1 Å². The van der Waals surface area contributed by atoms with Crippen LogP contribution >= 0.6 is 11.6 Å². The highest BCUT2D eigenvalue weighted by Gasteiger charge is 2.23. The molecule has 3 rings (SSSR count). The molecule has 0 radical (unpaired) electrons. The van der Waals surface area contributed by atoms with Crippen LogP contribution in [-0.4, -0.2) is 11.1 Å². The van der Waals surface area contributed by atoms with Crippen molar-refractivity contribution < 1.29 is 13.7 Å². The van der Waals surface area contributed by atoms with E-state index in [2.05, 4.69) is 10.5 Å². The van der Waals surface area contributed by atoms with Gasteiger partial charge in [0.05, 0.1) is 12.0 Å². The fraction of sp³-hybridized carbons (Fsp3) is 0.125. The van der Waals surface area contributed by atoms with Gasteiger partial charge in [-0.15, -0.1) is 0 Å². The lowest BCUT2D eigenvalue weighted by molar-refractivity contribution is 0.0950. The summed E-state index contributed by atoms with van der Waals surface area (Å²) in [5.41, 5.74) is 1.70. The molecule has 22 heavy (non-hydrogen) atoms. The largest absolute Gasteiger partial charge is 0.461 e. The molecule has 6 heteroatoms. The maximum atomic E-state index is 12.4. The summed E-state index contributed by atoms with van der Waals surface area (Å²) in [4.78, 5) is 12.4. The average Bonchev–Trinajstić information content (AvgIpc) is 3.15. The molecule has 1 N–H and O–H groups in total. The Balaban J connectivity index is 1.81. The number of nitrogens with zero attached hydrogens (tertiary/aromatic N) is 1. The highest BCUT2D eigenvalue weighted by atomic mass is 35.5. The molecule has 1 amide bonds. The minimum atomic E-state index is -0.287. The number of amides is 1. The second-order valence-electron chi connectivity index (χ2n) is 4.72.